The monoisotopic (exact) mass is 464 g/mol. The number of carbonyl (C=O) groups excluding carboxylic acids is 1. The van der Waals surface area contributed by atoms with Gasteiger partial charge in [0.2, 0.25) is 5.95 Å². The maximum absolute atomic E-state index is 11.5. The Kier molecular flexibility index (Phi) is 5.69. The van der Waals surface area contributed by atoms with Crippen molar-refractivity contribution in [3.05, 3.63) is 48.3 Å². The second-order valence-corrected chi connectivity index (χ2v) is 8.33. The summed E-state index contributed by atoms with van der Waals surface area (Å²) < 4.78 is 6.45. The maximum atomic E-state index is 11.5. The highest BCUT2D eigenvalue weighted by atomic mass is 32.1. The quantitative estimate of drug-likeness (QED) is 0.197. The number of hydrogen-bond acceptors (Lipinski definition) is 11. The van der Waals surface area contributed by atoms with Crippen LogP contribution in [0.3, 0.4) is 0 Å². The molecule has 0 atom stereocenters. The van der Waals surface area contributed by atoms with E-state index in [-0.39, 0.29) is 5.56 Å². The lowest BCUT2D eigenvalue weighted by Crippen LogP contribution is -2.36. The van der Waals surface area contributed by atoms with Crippen LogP contribution in [0.25, 0.3) is 21.6 Å². The number of aromatic nitrogens is 4. The topological polar surface area (TPSA) is 151 Å². The Bertz CT molecular complexity index is 1290. The van der Waals surface area contributed by atoms with Gasteiger partial charge in [-0.3, -0.25) is 10.0 Å². The highest BCUT2D eigenvalue weighted by Gasteiger charge is 2.20. The number of benzene rings is 1. The van der Waals surface area contributed by atoms with Crippen LogP contribution in [0.4, 0.5) is 22.5 Å². The van der Waals surface area contributed by atoms with Crippen LogP contribution in [0.15, 0.2) is 42.7 Å². The van der Waals surface area contributed by atoms with E-state index in [1.807, 2.05) is 30.3 Å². The number of ether oxygens (including phenoxy) is 1. The fourth-order valence-electron chi connectivity index (χ4n) is 3.41. The number of anilines is 4. The van der Waals surface area contributed by atoms with Crippen LogP contribution in [0.2, 0.25) is 0 Å². The van der Waals surface area contributed by atoms with Gasteiger partial charge in [0.05, 0.1) is 34.0 Å². The average Bonchev–Trinajstić information content (AvgIpc) is 3.26. The Morgan fingerprint density at radius 2 is 1.85 bits per heavy atom. The minimum atomic E-state index is -0.677. The van der Waals surface area contributed by atoms with Gasteiger partial charge in [-0.05, 0) is 30.3 Å². The number of rotatable bonds is 5. The molecule has 1 aliphatic rings. The van der Waals surface area contributed by atoms with Gasteiger partial charge in [0.25, 0.3) is 5.91 Å². The van der Waals surface area contributed by atoms with Crippen LogP contribution < -0.4 is 21.4 Å². The van der Waals surface area contributed by atoms with E-state index in [1.165, 1.54) is 23.7 Å². The summed E-state index contributed by atoms with van der Waals surface area (Å²) >= 11 is 1.50. The van der Waals surface area contributed by atoms with Crippen LogP contribution in [-0.4, -0.2) is 57.4 Å². The molecule has 1 saturated heterocycles. The first kappa shape index (κ1) is 21.0. The van der Waals surface area contributed by atoms with Crippen molar-refractivity contribution < 1.29 is 14.7 Å². The summed E-state index contributed by atoms with van der Waals surface area (Å²) in [5.74, 6) is 1.10. The highest BCUT2D eigenvalue weighted by Crippen LogP contribution is 2.37. The molecule has 168 valence electrons. The SMILES string of the molecule is Nc1ccc(-c2nc(N3CCOCC3)c3sc(Nc4ncc(C(=O)NO)cn4)cc3n2)cc1. The Balaban J connectivity index is 1.52. The summed E-state index contributed by atoms with van der Waals surface area (Å²) in [6, 6.07) is 9.39. The van der Waals surface area contributed by atoms with Crippen molar-refractivity contribution in [2.75, 3.05) is 42.3 Å². The zero-order valence-electron chi connectivity index (χ0n) is 17.4. The van der Waals surface area contributed by atoms with Gasteiger partial charge in [0.1, 0.15) is 0 Å². The predicted octanol–water partition coefficient (Wildman–Crippen LogP) is 2.43. The summed E-state index contributed by atoms with van der Waals surface area (Å²) in [5, 5.41) is 12.7. The van der Waals surface area contributed by atoms with Gasteiger partial charge in [-0.1, -0.05) is 0 Å². The van der Waals surface area contributed by atoms with Crippen LogP contribution in [-0.2, 0) is 4.74 Å². The van der Waals surface area contributed by atoms with Gasteiger partial charge in [-0.15, -0.1) is 11.3 Å². The number of nitrogen functional groups attached to an aromatic ring is 1. The number of hydroxylamine groups is 1. The predicted molar refractivity (Wildman–Crippen MR) is 125 cm³/mol. The number of nitrogens with two attached hydrogens (primary N) is 1. The molecule has 0 unspecified atom stereocenters. The molecule has 12 heteroatoms. The number of hydrogen-bond donors (Lipinski definition) is 4. The van der Waals surface area contributed by atoms with Crippen molar-refractivity contribution in [2.24, 2.45) is 0 Å². The van der Waals surface area contributed by atoms with Crippen molar-refractivity contribution in [1.82, 2.24) is 25.4 Å². The third-order valence-electron chi connectivity index (χ3n) is 5.08. The lowest BCUT2D eigenvalue weighted by atomic mass is 10.2. The number of carbonyl (C=O) groups is 1. The summed E-state index contributed by atoms with van der Waals surface area (Å²) in [5.41, 5.74) is 9.89. The summed E-state index contributed by atoms with van der Waals surface area (Å²) in [4.78, 5) is 31.6. The molecule has 33 heavy (non-hydrogen) atoms. The zero-order valence-corrected chi connectivity index (χ0v) is 18.2. The zero-order chi connectivity index (χ0) is 22.8. The Morgan fingerprint density at radius 1 is 1.12 bits per heavy atom. The minimum Gasteiger partial charge on any atom is -0.399 e. The number of thiophene rings is 1. The summed E-state index contributed by atoms with van der Waals surface area (Å²) in [6.07, 6.45) is 2.65. The average molecular weight is 465 g/mol. The number of nitrogens with one attached hydrogen (secondary N) is 2. The van der Waals surface area contributed by atoms with Crippen molar-refractivity contribution in [1.29, 1.82) is 0 Å². The molecular weight excluding hydrogens is 444 g/mol. The number of nitrogens with zero attached hydrogens (tertiary/aromatic N) is 5. The standard InChI is InChI=1S/C21H20N8O3S/c22-14-3-1-12(2-4-14)18-25-15-9-16(26-21-23-10-13(11-24-21)20(30)28-31)33-17(15)19(27-18)29-5-7-32-8-6-29/h1-4,9-11,31H,5-8,22H2,(H,28,30)(H,23,24,26). The van der Waals surface area contributed by atoms with Gasteiger partial charge in [-0.25, -0.2) is 25.4 Å². The van der Waals surface area contributed by atoms with Crippen molar-refractivity contribution in [3.8, 4) is 11.4 Å². The Morgan fingerprint density at radius 3 is 2.55 bits per heavy atom. The molecule has 5 N–H and O–H groups in total. The molecule has 1 aromatic carbocycles. The lowest BCUT2D eigenvalue weighted by Gasteiger charge is -2.28. The molecule has 0 saturated carbocycles. The van der Waals surface area contributed by atoms with E-state index in [0.717, 1.165) is 39.7 Å². The van der Waals surface area contributed by atoms with E-state index in [9.17, 15) is 4.79 Å². The fourth-order valence-corrected chi connectivity index (χ4v) is 4.42. The first-order valence-electron chi connectivity index (χ1n) is 10.1. The van der Waals surface area contributed by atoms with Gasteiger partial charge < -0.3 is 20.7 Å². The first-order chi connectivity index (χ1) is 16.1. The molecule has 0 bridgehead atoms. The van der Waals surface area contributed by atoms with E-state index in [1.54, 1.807) is 5.48 Å². The van der Waals surface area contributed by atoms with Crippen molar-refractivity contribution >= 4 is 49.9 Å². The van der Waals surface area contributed by atoms with Gasteiger partial charge in [0, 0.05) is 36.7 Å². The molecule has 1 fully saturated rings. The normalized spacial score (nSPS) is 13.8. The molecule has 3 aromatic heterocycles. The van der Waals surface area contributed by atoms with E-state index in [0.29, 0.717) is 30.7 Å². The molecule has 0 spiro atoms. The van der Waals surface area contributed by atoms with Gasteiger partial charge in [-0.2, -0.15) is 0 Å². The van der Waals surface area contributed by atoms with E-state index >= 15 is 0 Å². The minimum absolute atomic E-state index is 0.146. The number of amides is 1. The fraction of sp³-hybridized carbons (Fsp3) is 0.190. The Hall–Kier alpha value is -3.87. The molecule has 0 radical (unpaired) electrons. The molecule has 4 heterocycles. The van der Waals surface area contributed by atoms with Gasteiger partial charge >= 0.3 is 0 Å². The first-order valence-corrected chi connectivity index (χ1v) is 11.0. The maximum Gasteiger partial charge on any atom is 0.277 e. The highest BCUT2D eigenvalue weighted by molar-refractivity contribution is 7.23. The molecular formula is C21H20N8O3S. The van der Waals surface area contributed by atoms with Crippen LogP contribution in [0.5, 0.6) is 0 Å². The van der Waals surface area contributed by atoms with Gasteiger partial charge in [0.15, 0.2) is 11.6 Å². The van der Waals surface area contributed by atoms with Crippen molar-refractivity contribution in [3.63, 3.8) is 0 Å². The third-order valence-corrected chi connectivity index (χ3v) is 6.12. The van der Waals surface area contributed by atoms with E-state index in [2.05, 4.69) is 20.2 Å². The number of fused-ring (bicyclic) bond motifs is 1. The lowest BCUT2D eigenvalue weighted by molar-refractivity contribution is 0.0705. The van der Waals surface area contributed by atoms with Crippen LogP contribution >= 0.6 is 11.3 Å². The molecule has 11 nitrogen and oxygen atoms in total. The van der Waals surface area contributed by atoms with E-state index in [4.69, 9.17) is 25.6 Å². The molecule has 1 amide bonds. The molecule has 1 aliphatic heterocycles. The second kappa shape index (κ2) is 8.94. The van der Waals surface area contributed by atoms with Crippen LogP contribution in [0.1, 0.15) is 10.4 Å². The van der Waals surface area contributed by atoms with Crippen LogP contribution in [0, 0.1) is 0 Å². The summed E-state index contributed by atoms with van der Waals surface area (Å²) in [6.45, 7) is 2.76. The Labute approximate surface area is 192 Å². The second-order valence-electron chi connectivity index (χ2n) is 7.28. The molecule has 0 aliphatic carbocycles. The number of morpholine rings is 1. The van der Waals surface area contributed by atoms with Crippen molar-refractivity contribution in [2.45, 2.75) is 0 Å². The summed E-state index contributed by atoms with van der Waals surface area (Å²) in [7, 11) is 0. The molecule has 5 rings (SSSR count). The third kappa shape index (κ3) is 4.39. The molecule has 4 aromatic rings. The smallest absolute Gasteiger partial charge is 0.277 e. The van der Waals surface area contributed by atoms with E-state index < -0.39 is 5.91 Å². The largest absolute Gasteiger partial charge is 0.399 e.